The Bertz CT molecular complexity index is 501. The van der Waals surface area contributed by atoms with Crippen LogP contribution in [-0.4, -0.2) is 47.8 Å². The molecule has 21 heavy (non-hydrogen) atoms. The second-order valence-electron chi connectivity index (χ2n) is 5.03. The number of morpholine rings is 1. The van der Waals surface area contributed by atoms with E-state index in [1.165, 1.54) is 0 Å². The standard InChI is InChI=1S/C15H20N2O4/c1-2-13-10-21-8-7-17(13)15(20)16-12-5-3-11(4-6-12)9-14(18)19/h3-6,13H,2,7-10H2,1H3,(H,16,20)(H,18,19). The first-order valence-electron chi connectivity index (χ1n) is 7.06. The second-order valence-corrected chi connectivity index (χ2v) is 5.03. The lowest BCUT2D eigenvalue weighted by molar-refractivity contribution is -0.136. The SMILES string of the molecule is CCC1COCCN1C(=O)Nc1ccc(CC(=O)O)cc1. The molecule has 2 N–H and O–H groups in total. The van der Waals surface area contributed by atoms with Crippen molar-refractivity contribution in [1.29, 1.82) is 0 Å². The van der Waals surface area contributed by atoms with Crippen LogP contribution in [-0.2, 0) is 16.0 Å². The Balaban J connectivity index is 1.96. The highest BCUT2D eigenvalue weighted by Crippen LogP contribution is 2.15. The van der Waals surface area contributed by atoms with Gasteiger partial charge < -0.3 is 20.1 Å². The summed E-state index contributed by atoms with van der Waals surface area (Å²) in [6.45, 7) is 3.74. The number of carbonyl (C=O) groups is 2. The van der Waals surface area contributed by atoms with Crippen LogP contribution in [0.5, 0.6) is 0 Å². The number of carboxylic acid groups (broad SMARTS) is 1. The fraction of sp³-hybridized carbons (Fsp3) is 0.467. The molecule has 1 fully saturated rings. The fourth-order valence-electron chi connectivity index (χ4n) is 2.34. The van der Waals surface area contributed by atoms with Gasteiger partial charge in [0.15, 0.2) is 0 Å². The Morgan fingerprint density at radius 3 is 2.71 bits per heavy atom. The van der Waals surface area contributed by atoms with Crippen molar-refractivity contribution in [2.45, 2.75) is 25.8 Å². The third-order valence-corrected chi connectivity index (χ3v) is 3.52. The third-order valence-electron chi connectivity index (χ3n) is 3.52. The Morgan fingerprint density at radius 1 is 1.38 bits per heavy atom. The van der Waals surface area contributed by atoms with Crippen LogP contribution in [0.25, 0.3) is 0 Å². The predicted octanol–water partition coefficient (Wildman–Crippen LogP) is 1.96. The summed E-state index contributed by atoms with van der Waals surface area (Å²) in [4.78, 5) is 24.7. The molecule has 6 heteroatoms. The lowest BCUT2D eigenvalue weighted by atomic mass is 10.1. The number of anilines is 1. The molecule has 1 unspecified atom stereocenters. The Kier molecular flexibility index (Phi) is 5.16. The molecule has 0 spiro atoms. The van der Waals surface area contributed by atoms with Crippen LogP contribution < -0.4 is 5.32 Å². The average Bonchev–Trinajstić information content (AvgIpc) is 2.48. The van der Waals surface area contributed by atoms with Crippen molar-refractivity contribution in [3.63, 3.8) is 0 Å². The minimum atomic E-state index is -0.870. The first-order chi connectivity index (χ1) is 10.1. The van der Waals surface area contributed by atoms with Gasteiger partial charge in [-0.15, -0.1) is 0 Å². The van der Waals surface area contributed by atoms with Gasteiger partial charge in [0.05, 0.1) is 25.7 Å². The summed E-state index contributed by atoms with van der Waals surface area (Å²) in [5, 5.41) is 11.6. The molecule has 0 bridgehead atoms. The lowest BCUT2D eigenvalue weighted by Crippen LogP contribution is -2.50. The smallest absolute Gasteiger partial charge is 0.322 e. The summed E-state index contributed by atoms with van der Waals surface area (Å²) in [7, 11) is 0. The third kappa shape index (κ3) is 4.19. The highest BCUT2D eigenvalue weighted by Gasteiger charge is 2.25. The van der Waals surface area contributed by atoms with Gasteiger partial charge in [-0.3, -0.25) is 4.79 Å². The summed E-state index contributed by atoms with van der Waals surface area (Å²) < 4.78 is 5.38. The van der Waals surface area contributed by atoms with Crippen molar-refractivity contribution >= 4 is 17.7 Å². The maximum Gasteiger partial charge on any atom is 0.322 e. The topological polar surface area (TPSA) is 78.9 Å². The molecule has 1 aliphatic heterocycles. The normalized spacial score (nSPS) is 18.3. The van der Waals surface area contributed by atoms with Crippen molar-refractivity contribution in [2.24, 2.45) is 0 Å². The minimum Gasteiger partial charge on any atom is -0.481 e. The minimum absolute atomic E-state index is 0.0183. The molecule has 1 aromatic rings. The van der Waals surface area contributed by atoms with Gasteiger partial charge in [-0.05, 0) is 24.1 Å². The van der Waals surface area contributed by atoms with Crippen LogP contribution in [0.15, 0.2) is 24.3 Å². The van der Waals surface area contributed by atoms with E-state index in [4.69, 9.17) is 9.84 Å². The van der Waals surface area contributed by atoms with Crippen LogP contribution >= 0.6 is 0 Å². The molecule has 0 saturated carbocycles. The number of aliphatic carboxylic acids is 1. The number of carboxylic acids is 1. The van der Waals surface area contributed by atoms with Crippen molar-refractivity contribution in [3.05, 3.63) is 29.8 Å². The zero-order valence-electron chi connectivity index (χ0n) is 12.0. The van der Waals surface area contributed by atoms with E-state index in [1.54, 1.807) is 29.2 Å². The summed E-state index contributed by atoms with van der Waals surface area (Å²) in [5.74, 6) is -0.870. The van der Waals surface area contributed by atoms with Gasteiger partial charge in [0.25, 0.3) is 0 Å². The molecule has 2 amide bonds. The number of benzene rings is 1. The molecule has 114 valence electrons. The van der Waals surface area contributed by atoms with Crippen LogP contribution in [0.1, 0.15) is 18.9 Å². The first-order valence-corrected chi connectivity index (χ1v) is 7.06. The van der Waals surface area contributed by atoms with Gasteiger partial charge in [-0.2, -0.15) is 0 Å². The molecule has 1 heterocycles. The van der Waals surface area contributed by atoms with Crippen LogP contribution in [0.2, 0.25) is 0 Å². The average molecular weight is 292 g/mol. The van der Waals surface area contributed by atoms with Crippen LogP contribution in [0.3, 0.4) is 0 Å². The molecule has 6 nitrogen and oxygen atoms in total. The fourth-order valence-corrected chi connectivity index (χ4v) is 2.34. The number of nitrogens with zero attached hydrogens (tertiary/aromatic N) is 1. The molecule has 1 atom stereocenters. The number of nitrogens with one attached hydrogen (secondary N) is 1. The Morgan fingerprint density at radius 2 is 2.10 bits per heavy atom. The number of hydrogen-bond acceptors (Lipinski definition) is 3. The zero-order chi connectivity index (χ0) is 15.2. The highest BCUT2D eigenvalue weighted by atomic mass is 16.5. The molecule has 1 saturated heterocycles. The van der Waals surface area contributed by atoms with E-state index in [2.05, 4.69) is 5.32 Å². The quantitative estimate of drug-likeness (QED) is 0.889. The Labute approximate surface area is 123 Å². The van der Waals surface area contributed by atoms with Crippen LogP contribution in [0, 0.1) is 0 Å². The van der Waals surface area contributed by atoms with E-state index in [1.807, 2.05) is 6.92 Å². The van der Waals surface area contributed by atoms with Gasteiger partial charge >= 0.3 is 12.0 Å². The number of carbonyl (C=O) groups excluding carboxylic acids is 1. The monoisotopic (exact) mass is 292 g/mol. The summed E-state index contributed by atoms with van der Waals surface area (Å²) in [5.41, 5.74) is 1.37. The molecular weight excluding hydrogens is 272 g/mol. The molecule has 1 aromatic carbocycles. The molecule has 2 rings (SSSR count). The predicted molar refractivity (Wildman–Crippen MR) is 78.4 cm³/mol. The van der Waals surface area contributed by atoms with E-state index in [0.29, 0.717) is 31.0 Å². The largest absolute Gasteiger partial charge is 0.481 e. The van der Waals surface area contributed by atoms with Crippen molar-refractivity contribution < 1.29 is 19.4 Å². The molecule has 0 radical (unpaired) electrons. The zero-order valence-corrected chi connectivity index (χ0v) is 12.0. The molecular formula is C15H20N2O4. The van der Waals surface area contributed by atoms with Crippen molar-refractivity contribution in [2.75, 3.05) is 25.1 Å². The first kappa shape index (κ1) is 15.3. The lowest BCUT2D eigenvalue weighted by Gasteiger charge is -2.35. The van der Waals surface area contributed by atoms with Gasteiger partial charge in [-0.1, -0.05) is 19.1 Å². The van der Waals surface area contributed by atoms with E-state index in [-0.39, 0.29) is 18.5 Å². The number of rotatable bonds is 4. The molecule has 0 aliphatic carbocycles. The number of urea groups is 1. The van der Waals surface area contributed by atoms with Crippen molar-refractivity contribution in [3.8, 4) is 0 Å². The summed E-state index contributed by atoms with van der Waals surface area (Å²) in [6.07, 6.45) is 0.834. The van der Waals surface area contributed by atoms with Gasteiger partial charge in [0.1, 0.15) is 0 Å². The van der Waals surface area contributed by atoms with Crippen LogP contribution in [0.4, 0.5) is 10.5 Å². The van der Waals surface area contributed by atoms with E-state index < -0.39 is 5.97 Å². The maximum absolute atomic E-state index is 12.3. The summed E-state index contributed by atoms with van der Waals surface area (Å²) >= 11 is 0. The molecule has 0 aromatic heterocycles. The van der Waals surface area contributed by atoms with E-state index in [0.717, 1.165) is 6.42 Å². The van der Waals surface area contributed by atoms with E-state index >= 15 is 0 Å². The van der Waals surface area contributed by atoms with Gasteiger partial charge in [0, 0.05) is 12.2 Å². The Hall–Kier alpha value is -2.08. The summed E-state index contributed by atoms with van der Waals surface area (Å²) in [6, 6.07) is 6.82. The number of hydrogen-bond donors (Lipinski definition) is 2. The second kappa shape index (κ2) is 7.08. The van der Waals surface area contributed by atoms with Crippen molar-refractivity contribution in [1.82, 2.24) is 4.90 Å². The van der Waals surface area contributed by atoms with Gasteiger partial charge in [-0.25, -0.2) is 4.79 Å². The number of amides is 2. The maximum atomic E-state index is 12.3. The highest BCUT2D eigenvalue weighted by molar-refractivity contribution is 5.89. The molecule has 1 aliphatic rings. The van der Waals surface area contributed by atoms with Gasteiger partial charge in [0.2, 0.25) is 0 Å². The number of ether oxygens (including phenoxy) is 1. The van der Waals surface area contributed by atoms with E-state index in [9.17, 15) is 9.59 Å².